The maximum absolute atomic E-state index is 9.53. The Morgan fingerprint density at radius 2 is 0.979 bits per heavy atom. The van der Waals surface area contributed by atoms with Crippen LogP contribution < -0.4 is 0 Å². The number of benzene rings is 9. The largest absolute Gasteiger partial charge is 0.455 e. The molecule has 0 spiro atoms. The summed E-state index contributed by atoms with van der Waals surface area (Å²) in [5, 5.41) is 4.35. The van der Waals surface area contributed by atoms with Gasteiger partial charge in [0, 0.05) is 21.9 Å². The Labute approximate surface area is 290 Å². The van der Waals surface area contributed by atoms with Crippen molar-refractivity contribution >= 4 is 65.0 Å². The molecule has 9 aromatic carbocycles. The summed E-state index contributed by atoms with van der Waals surface area (Å²) in [6, 6.07) is 20.9. The van der Waals surface area contributed by atoms with Gasteiger partial charge in [-0.05, 0) is 77.5 Å². The van der Waals surface area contributed by atoms with E-state index < -0.39 is 78.6 Å². The van der Waals surface area contributed by atoms with E-state index in [0.717, 1.165) is 16.2 Å². The fourth-order valence-corrected chi connectivity index (χ4v) is 7.04. The molecule has 0 radical (unpaired) electrons. The molecule has 0 unspecified atom stereocenters. The average Bonchev–Trinajstić information content (AvgIpc) is 3.66. The van der Waals surface area contributed by atoms with Crippen molar-refractivity contribution in [3.8, 4) is 33.4 Å². The Balaban J connectivity index is 1.47. The zero-order valence-corrected chi connectivity index (χ0v) is 24.6. The molecule has 0 atom stereocenters. The summed E-state index contributed by atoms with van der Waals surface area (Å²) < 4.78 is 123. The minimum atomic E-state index is -0.556. The van der Waals surface area contributed by atoms with Gasteiger partial charge in [-0.2, -0.15) is 0 Å². The number of fused-ring (bicyclic) bond motifs is 8. The maximum Gasteiger partial charge on any atom is 0.143 e. The second kappa shape index (κ2) is 10.2. The summed E-state index contributed by atoms with van der Waals surface area (Å²) in [5.74, 6) is 0. The third kappa shape index (κ3) is 3.84. The highest BCUT2D eigenvalue weighted by molar-refractivity contribution is 6.27. The van der Waals surface area contributed by atoms with E-state index >= 15 is 0 Å². The summed E-state index contributed by atoms with van der Waals surface area (Å²) in [6.07, 6.45) is 0. The van der Waals surface area contributed by atoms with E-state index in [-0.39, 0.29) is 54.9 Å². The quantitative estimate of drug-likeness (QED) is 0.143. The monoisotopic (exact) mass is 609 g/mol. The van der Waals surface area contributed by atoms with Crippen LogP contribution in [-0.2, 0) is 0 Å². The normalized spacial score (nSPS) is 15.7. The molecule has 1 heterocycles. The van der Waals surface area contributed by atoms with Crippen molar-refractivity contribution in [2.24, 2.45) is 0 Å². The van der Waals surface area contributed by atoms with Gasteiger partial charge in [-0.3, -0.25) is 0 Å². The van der Waals surface area contributed by atoms with Crippen molar-refractivity contribution in [1.29, 1.82) is 0 Å². The van der Waals surface area contributed by atoms with Crippen LogP contribution in [0.2, 0.25) is 0 Å². The zero-order valence-electron chi connectivity index (χ0n) is 37.6. The first-order chi connectivity index (χ1) is 28.7. The Morgan fingerprint density at radius 1 is 0.383 bits per heavy atom. The van der Waals surface area contributed by atoms with Gasteiger partial charge in [-0.25, -0.2) is 0 Å². The molecule has 0 aliphatic heterocycles. The standard InChI is InChI=1S/C46H28O/c1-2-13-29(14-3-1)32-27-28-41(46-45(32)40-21-10-11-24-42(40)47-46)44-38-19-8-6-17-36(38)43(37-18-7-9-20-39(37)44)35-23-12-22-33-31-16-5-4-15-30(31)25-26-34(33)35/h1-28H/i1D,2D,3D,6D,7D,8D,9D,13D,14D,17D,18D,19D,20D. The van der Waals surface area contributed by atoms with Crippen molar-refractivity contribution in [1.82, 2.24) is 0 Å². The van der Waals surface area contributed by atoms with Crippen LogP contribution in [0.1, 0.15) is 17.8 Å². The minimum absolute atomic E-state index is 0.0105. The fraction of sp³-hybridized carbons (Fsp3) is 0. The van der Waals surface area contributed by atoms with E-state index in [1.54, 1.807) is 42.5 Å². The van der Waals surface area contributed by atoms with Gasteiger partial charge >= 0.3 is 0 Å². The third-order valence-electron chi connectivity index (χ3n) is 9.00. The molecule has 0 N–H and O–H groups in total. The lowest BCUT2D eigenvalue weighted by molar-refractivity contribution is 0.670. The predicted octanol–water partition coefficient (Wildman–Crippen LogP) is 13.2. The highest BCUT2D eigenvalue weighted by atomic mass is 16.3. The molecule has 0 aliphatic rings. The second-order valence-electron chi connectivity index (χ2n) is 11.4. The van der Waals surface area contributed by atoms with Gasteiger partial charge < -0.3 is 4.42 Å². The van der Waals surface area contributed by atoms with Crippen molar-refractivity contribution < 1.29 is 22.2 Å². The summed E-state index contributed by atoms with van der Waals surface area (Å²) >= 11 is 0. The first-order valence-corrected chi connectivity index (χ1v) is 15.1. The third-order valence-corrected chi connectivity index (χ3v) is 9.00. The highest BCUT2D eigenvalue weighted by Gasteiger charge is 2.22. The molecule has 47 heavy (non-hydrogen) atoms. The smallest absolute Gasteiger partial charge is 0.143 e. The Kier molecular flexibility index (Phi) is 3.55. The summed E-state index contributed by atoms with van der Waals surface area (Å²) in [6.45, 7) is 0. The van der Waals surface area contributed by atoms with E-state index in [9.17, 15) is 5.48 Å². The number of hydrogen-bond donors (Lipinski definition) is 0. The molecule has 0 aliphatic carbocycles. The molecule has 10 rings (SSSR count). The lowest BCUT2D eigenvalue weighted by Gasteiger charge is -2.19. The molecule has 1 nitrogen and oxygen atoms in total. The van der Waals surface area contributed by atoms with E-state index in [0.29, 0.717) is 27.3 Å². The van der Waals surface area contributed by atoms with Crippen LogP contribution in [-0.4, -0.2) is 0 Å². The maximum atomic E-state index is 9.53. The van der Waals surface area contributed by atoms with Gasteiger partial charge in [0.2, 0.25) is 0 Å². The summed E-state index contributed by atoms with van der Waals surface area (Å²) in [5.41, 5.74) is 1.62. The number of furan rings is 1. The zero-order chi connectivity index (χ0) is 42.2. The Bertz CT molecular complexity index is 3480. The lowest BCUT2D eigenvalue weighted by Crippen LogP contribution is -1.92. The summed E-state index contributed by atoms with van der Waals surface area (Å²) in [4.78, 5) is 0. The first kappa shape index (κ1) is 16.4. The Morgan fingerprint density at radius 3 is 1.72 bits per heavy atom. The van der Waals surface area contributed by atoms with E-state index in [2.05, 4.69) is 0 Å². The predicted molar refractivity (Wildman–Crippen MR) is 200 cm³/mol. The van der Waals surface area contributed by atoms with Crippen molar-refractivity contribution in [3.05, 3.63) is 170 Å². The molecule has 218 valence electrons. The van der Waals surface area contributed by atoms with E-state index in [1.807, 2.05) is 48.5 Å². The summed E-state index contributed by atoms with van der Waals surface area (Å²) in [7, 11) is 0. The second-order valence-corrected chi connectivity index (χ2v) is 11.4. The molecule has 10 aromatic rings. The first-order valence-electron chi connectivity index (χ1n) is 21.6. The van der Waals surface area contributed by atoms with Gasteiger partial charge in [-0.1, -0.05) is 157 Å². The van der Waals surface area contributed by atoms with Gasteiger partial charge in [-0.15, -0.1) is 0 Å². The lowest BCUT2D eigenvalue weighted by atomic mass is 9.83. The number of rotatable bonds is 3. The van der Waals surface area contributed by atoms with Crippen LogP contribution in [0, 0.1) is 0 Å². The van der Waals surface area contributed by atoms with Crippen LogP contribution >= 0.6 is 0 Å². The van der Waals surface area contributed by atoms with E-state index in [1.165, 1.54) is 0 Å². The molecule has 0 bridgehead atoms. The van der Waals surface area contributed by atoms with Crippen molar-refractivity contribution in [3.63, 3.8) is 0 Å². The topological polar surface area (TPSA) is 13.1 Å². The molecule has 1 heteroatoms. The number of hydrogen-bond acceptors (Lipinski definition) is 1. The highest BCUT2D eigenvalue weighted by Crippen LogP contribution is 2.49. The fourth-order valence-electron chi connectivity index (χ4n) is 7.04. The van der Waals surface area contributed by atoms with Gasteiger partial charge in [0.25, 0.3) is 0 Å². The average molecular weight is 610 g/mol. The van der Waals surface area contributed by atoms with Gasteiger partial charge in [0.1, 0.15) is 11.2 Å². The molecule has 0 saturated carbocycles. The van der Waals surface area contributed by atoms with Crippen LogP contribution in [0.5, 0.6) is 0 Å². The molecule has 0 amide bonds. The SMILES string of the molecule is [2H]c1c([2H])c([2H])c(-c2ccc(-c3c4c([2H])c([2H])c([2H])c([2H])c4c(-c4cccc5c4ccc4ccccc45)c4c([2H])c([2H])c([2H])c([2H])c34)c3oc4ccccc4c23)c([2H])c1[2H]. The molecule has 0 fully saturated rings. The van der Waals surface area contributed by atoms with Crippen LogP contribution in [0.25, 0.3) is 98.4 Å². The van der Waals surface area contributed by atoms with Crippen LogP contribution in [0.4, 0.5) is 0 Å². The molecular formula is C46H28O. The number of para-hydroxylation sites is 1. The van der Waals surface area contributed by atoms with Gasteiger partial charge in [0.05, 0.1) is 17.8 Å². The molecular weight excluding hydrogens is 569 g/mol. The van der Waals surface area contributed by atoms with Crippen molar-refractivity contribution in [2.75, 3.05) is 0 Å². The minimum Gasteiger partial charge on any atom is -0.455 e. The molecule has 0 saturated heterocycles. The van der Waals surface area contributed by atoms with Crippen LogP contribution in [0.15, 0.2) is 174 Å². The van der Waals surface area contributed by atoms with Crippen LogP contribution in [0.3, 0.4) is 0 Å². The van der Waals surface area contributed by atoms with E-state index in [4.69, 9.17) is 16.8 Å². The van der Waals surface area contributed by atoms with Crippen molar-refractivity contribution in [2.45, 2.75) is 0 Å². The van der Waals surface area contributed by atoms with Gasteiger partial charge in [0.15, 0.2) is 0 Å². The Hall–Kier alpha value is -6.18. The molecule has 1 aromatic heterocycles.